The van der Waals surface area contributed by atoms with Crippen LogP contribution in [0, 0.1) is 0 Å². The Hall–Kier alpha value is -4.11. The number of hydrogen-bond donors (Lipinski definition) is 1. The van der Waals surface area contributed by atoms with Gasteiger partial charge in [-0.05, 0) is 73.2 Å². The van der Waals surface area contributed by atoms with Gasteiger partial charge in [-0.15, -0.1) is 10.2 Å². The molecule has 3 aromatic carbocycles. The van der Waals surface area contributed by atoms with Gasteiger partial charge in [-0.25, -0.2) is 5.43 Å². The van der Waals surface area contributed by atoms with Gasteiger partial charge in [0.2, 0.25) is 0 Å². The van der Waals surface area contributed by atoms with E-state index in [0.29, 0.717) is 16.7 Å². The number of nitrogens with zero attached hydrogens (tertiary/aromatic N) is 4. The molecule has 0 aliphatic carbocycles. The number of rotatable bonds is 9. The Bertz CT molecular complexity index is 1300. The summed E-state index contributed by atoms with van der Waals surface area (Å²) in [5, 5.41) is 13.6. The van der Waals surface area contributed by atoms with E-state index in [-0.39, 0.29) is 11.7 Å². The number of amides is 1. The van der Waals surface area contributed by atoms with Crippen LogP contribution in [0.5, 0.6) is 11.5 Å². The van der Waals surface area contributed by atoms with E-state index in [0.717, 1.165) is 28.3 Å². The van der Waals surface area contributed by atoms with Crippen LogP contribution in [-0.4, -0.2) is 46.4 Å². The van der Waals surface area contributed by atoms with E-state index in [1.54, 1.807) is 14.2 Å². The van der Waals surface area contributed by atoms with Gasteiger partial charge in [0.15, 0.2) is 11.0 Å². The Kier molecular flexibility index (Phi) is 7.79. The van der Waals surface area contributed by atoms with Gasteiger partial charge in [0, 0.05) is 11.3 Å². The molecule has 4 aromatic rings. The predicted octanol–water partition coefficient (Wildman–Crippen LogP) is 4.58. The number of thioether (sulfide) groups is 1. The monoisotopic (exact) mass is 487 g/mol. The first kappa shape index (κ1) is 24.0. The molecular formula is C26H25N5O3S. The van der Waals surface area contributed by atoms with E-state index in [2.05, 4.69) is 20.7 Å². The summed E-state index contributed by atoms with van der Waals surface area (Å²) < 4.78 is 12.4. The summed E-state index contributed by atoms with van der Waals surface area (Å²) in [7, 11) is 3.25. The molecule has 4 rings (SSSR count). The summed E-state index contributed by atoms with van der Waals surface area (Å²) in [5.41, 5.74) is 6.00. The van der Waals surface area contributed by atoms with E-state index < -0.39 is 0 Å². The van der Waals surface area contributed by atoms with Crippen molar-refractivity contribution in [1.29, 1.82) is 0 Å². The molecule has 1 heterocycles. The number of carbonyl (C=O) groups excluding carboxylic acids is 1. The Morgan fingerprint density at radius 2 is 1.54 bits per heavy atom. The van der Waals surface area contributed by atoms with Crippen molar-refractivity contribution in [2.24, 2.45) is 5.10 Å². The van der Waals surface area contributed by atoms with Crippen LogP contribution in [0.1, 0.15) is 12.5 Å². The summed E-state index contributed by atoms with van der Waals surface area (Å²) in [5.74, 6) is 2.09. The molecule has 9 heteroatoms. The van der Waals surface area contributed by atoms with Crippen molar-refractivity contribution in [3.05, 3.63) is 84.4 Å². The number of hydrazone groups is 1. The van der Waals surface area contributed by atoms with Crippen molar-refractivity contribution in [3.63, 3.8) is 0 Å². The molecule has 1 aromatic heterocycles. The van der Waals surface area contributed by atoms with E-state index >= 15 is 0 Å². The van der Waals surface area contributed by atoms with Crippen LogP contribution in [0.25, 0.3) is 17.1 Å². The quantitative estimate of drug-likeness (QED) is 0.211. The normalized spacial score (nSPS) is 11.2. The molecule has 0 aliphatic rings. The van der Waals surface area contributed by atoms with Gasteiger partial charge in [-0.2, -0.15) is 5.10 Å². The Morgan fingerprint density at radius 3 is 2.17 bits per heavy atom. The minimum absolute atomic E-state index is 0.132. The van der Waals surface area contributed by atoms with Crippen molar-refractivity contribution >= 4 is 23.4 Å². The molecule has 0 spiro atoms. The molecule has 0 aliphatic heterocycles. The molecule has 35 heavy (non-hydrogen) atoms. The van der Waals surface area contributed by atoms with Crippen molar-refractivity contribution in [2.75, 3.05) is 20.0 Å². The summed E-state index contributed by atoms with van der Waals surface area (Å²) in [6, 6.07) is 24.9. The maximum Gasteiger partial charge on any atom is 0.250 e. The highest BCUT2D eigenvalue weighted by atomic mass is 32.2. The number of carbonyl (C=O) groups is 1. The second kappa shape index (κ2) is 11.3. The lowest BCUT2D eigenvalue weighted by Crippen LogP contribution is -2.21. The maximum absolute atomic E-state index is 12.5. The SMILES string of the molecule is COc1ccc(/C(C)=N/NC(=O)CSc2nnc(-c3ccc(OC)cc3)n2-c2ccccc2)cc1. The van der Waals surface area contributed by atoms with E-state index in [1.807, 2.05) is 90.4 Å². The standard InChI is InChI=1S/C26H25N5O3S/c1-18(19-9-13-22(33-2)14-10-19)27-28-24(32)17-35-26-30-29-25(20-11-15-23(34-3)16-12-20)31(26)21-7-5-4-6-8-21/h4-16H,17H2,1-3H3,(H,28,32)/b27-18+. The highest BCUT2D eigenvalue weighted by Gasteiger charge is 2.17. The zero-order valence-electron chi connectivity index (χ0n) is 19.6. The lowest BCUT2D eigenvalue weighted by Gasteiger charge is -2.10. The zero-order valence-corrected chi connectivity index (χ0v) is 20.5. The van der Waals surface area contributed by atoms with Crippen LogP contribution in [0.3, 0.4) is 0 Å². The van der Waals surface area contributed by atoms with Crippen LogP contribution < -0.4 is 14.9 Å². The number of nitrogens with one attached hydrogen (secondary N) is 1. The first-order valence-corrected chi connectivity index (χ1v) is 11.8. The summed E-state index contributed by atoms with van der Waals surface area (Å²) in [4.78, 5) is 12.5. The van der Waals surface area contributed by atoms with Gasteiger partial charge in [-0.1, -0.05) is 30.0 Å². The largest absolute Gasteiger partial charge is 0.497 e. The minimum Gasteiger partial charge on any atom is -0.497 e. The smallest absolute Gasteiger partial charge is 0.250 e. The lowest BCUT2D eigenvalue weighted by atomic mass is 10.1. The highest BCUT2D eigenvalue weighted by Crippen LogP contribution is 2.29. The predicted molar refractivity (Wildman–Crippen MR) is 137 cm³/mol. The van der Waals surface area contributed by atoms with E-state index in [1.165, 1.54) is 11.8 Å². The first-order chi connectivity index (χ1) is 17.1. The molecule has 0 saturated heterocycles. The van der Waals surface area contributed by atoms with E-state index in [9.17, 15) is 4.79 Å². The third kappa shape index (κ3) is 5.88. The average molecular weight is 488 g/mol. The van der Waals surface area contributed by atoms with Crippen molar-refractivity contribution in [1.82, 2.24) is 20.2 Å². The fourth-order valence-electron chi connectivity index (χ4n) is 3.31. The number of para-hydroxylation sites is 1. The molecule has 8 nitrogen and oxygen atoms in total. The number of methoxy groups -OCH3 is 2. The molecule has 178 valence electrons. The Labute approximate surface area is 208 Å². The van der Waals surface area contributed by atoms with Crippen LogP contribution >= 0.6 is 11.8 Å². The molecule has 1 N–H and O–H groups in total. The third-order valence-electron chi connectivity index (χ3n) is 5.18. The third-order valence-corrected chi connectivity index (χ3v) is 6.11. The molecule has 0 radical (unpaired) electrons. The fourth-order valence-corrected chi connectivity index (χ4v) is 4.05. The molecule has 0 unspecified atom stereocenters. The average Bonchev–Trinajstić information content (AvgIpc) is 3.35. The van der Waals surface area contributed by atoms with Gasteiger partial charge < -0.3 is 9.47 Å². The summed E-state index contributed by atoms with van der Waals surface area (Å²) in [6.45, 7) is 1.84. The van der Waals surface area contributed by atoms with Gasteiger partial charge in [0.1, 0.15) is 11.5 Å². The van der Waals surface area contributed by atoms with Gasteiger partial charge >= 0.3 is 0 Å². The zero-order chi connectivity index (χ0) is 24.6. The molecular weight excluding hydrogens is 462 g/mol. The second-order valence-corrected chi connectivity index (χ2v) is 8.40. The van der Waals surface area contributed by atoms with Crippen molar-refractivity contribution in [2.45, 2.75) is 12.1 Å². The first-order valence-electron chi connectivity index (χ1n) is 10.8. The Morgan fingerprint density at radius 1 is 0.914 bits per heavy atom. The van der Waals surface area contributed by atoms with Gasteiger partial charge in [0.25, 0.3) is 5.91 Å². The minimum atomic E-state index is -0.239. The topological polar surface area (TPSA) is 90.6 Å². The van der Waals surface area contributed by atoms with Crippen LogP contribution in [0.15, 0.2) is 89.1 Å². The van der Waals surface area contributed by atoms with Crippen LogP contribution in [0.2, 0.25) is 0 Å². The molecule has 1 amide bonds. The maximum atomic E-state index is 12.5. The van der Waals surface area contributed by atoms with Gasteiger partial charge in [0.05, 0.1) is 25.7 Å². The summed E-state index contributed by atoms with van der Waals surface area (Å²) in [6.07, 6.45) is 0. The fraction of sp³-hybridized carbons (Fsp3) is 0.154. The van der Waals surface area contributed by atoms with Crippen LogP contribution in [0.4, 0.5) is 0 Å². The summed E-state index contributed by atoms with van der Waals surface area (Å²) >= 11 is 1.29. The second-order valence-electron chi connectivity index (χ2n) is 7.46. The number of hydrogen-bond acceptors (Lipinski definition) is 7. The lowest BCUT2D eigenvalue weighted by molar-refractivity contribution is -0.118. The van der Waals surface area contributed by atoms with Crippen LogP contribution in [-0.2, 0) is 4.79 Å². The number of ether oxygens (including phenoxy) is 2. The van der Waals surface area contributed by atoms with Crippen molar-refractivity contribution < 1.29 is 14.3 Å². The molecule has 0 saturated carbocycles. The molecule has 0 atom stereocenters. The number of aromatic nitrogens is 3. The van der Waals surface area contributed by atoms with E-state index in [4.69, 9.17) is 9.47 Å². The van der Waals surface area contributed by atoms with Crippen molar-refractivity contribution in [3.8, 4) is 28.6 Å². The molecule has 0 fully saturated rings. The Balaban J connectivity index is 1.49. The highest BCUT2D eigenvalue weighted by molar-refractivity contribution is 7.99. The number of benzene rings is 3. The van der Waals surface area contributed by atoms with Gasteiger partial charge in [-0.3, -0.25) is 9.36 Å². The molecule has 0 bridgehead atoms.